The molecule has 102 valence electrons. The van der Waals surface area contributed by atoms with Gasteiger partial charge in [-0.1, -0.05) is 18.6 Å². The zero-order valence-electron chi connectivity index (χ0n) is 11.0. The quantitative estimate of drug-likeness (QED) is 0.756. The first-order valence-electron chi connectivity index (χ1n) is 6.22. The molecule has 2 aromatic heterocycles. The Balaban J connectivity index is 2.25. The molecular formula is C12H16N4O2S. The van der Waals surface area contributed by atoms with Crippen LogP contribution in [0, 0.1) is 0 Å². The standard InChI is InChI=1S/C12H16N4O2S/c1-3-5-10-11(12(17)18-4-2)14-15-16(10)6-9-7-19-8-13-9/h7-8H,3-6H2,1-2H3. The smallest absolute Gasteiger partial charge is 0.360 e. The van der Waals surface area contributed by atoms with Crippen LogP contribution in [0.15, 0.2) is 10.9 Å². The Labute approximate surface area is 115 Å². The van der Waals surface area contributed by atoms with Gasteiger partial charge >= 0.3 is 5.97 Å². The largest absolute Gasteiger partial charge is 0.461 e. The molecule has 7 heteroatoms. The molecule has 0 aliphatic rings. The van der Waals surface area contributed by atoms with E-state index in [1.54, 1.807) is 17.1 Å². The Hall–Kier alpha value is -1.76. The number of rotatable bonds is 6. The van der Waals surface area contributed by atoms with E-state index in [2.05, 4.69) is 22.2 Å². The van der Waals surface area contributed by atoms with Crippen molar-refractivity contribution in [2.24, 2.45) is 0 Å². The summed E-state index contributed by atoms with van der Waals surface area (Å²) in [5.74, 6) is -0.407. The first-order valence-corrected chi connectivity index (χ1v) is 7.17. The van der Waals surface area contributed by atoms with Gasteiger partial charge in [-0.3, -0.25) is 0 Å². The summed E-state index contributed by atoms with van der Waals surface area (Å²) in [5.41, 5.74) is 3.83. The monoisotopic (exact) mass is 280 g/mol. The summed E-state index contributed by atoms with van der Waals surface area (Å²) in [4.78, 5) is 16.0. The van der Waals surface area contributed by atoms with E-state index in [1.165, 1.54) is 11.3 Å². The summed E-state index contributed by atoms with van der Waals surface area (Å²) in [6.07, 6.45) is 1.65. The fraction of sp³-hybridized carbons (Fsp3) is 0.500. The van der Waals surface area contributed by atoms with Crippen LogP contribution in [0.1, 0.15) is 42.1 Å². The summed E-state index contributed by atoms with van der Waals surface area (Å²) in [7, 11) is 0. The van der Waals surface area contributed by atoms with Crippen molar-refractivity contribution in [2.45, 2.75) is 33.2 Å². The molecule has 0 fully saturated rings. The maximum Gasteiger partial charge on any atom is 0.360 e. The maximum absolute atomic E-state index is 11.8. The molecule has 0 unspecified atom stereocenters. The van der Waals surface area contributed by atoms with E-state index in [0.717, 1.165) is 24.2 Å². The third-order valence-electron chi connectivity index (χ3n) is 2.59. The van der Waals surface area contributed by atoms with Crippen LogP contribution in [0.4, 0.5) is 0 Å². The van der Waals surface area contributed by atoms with Crippen molar-refractivity contribution < 1.29 is 9.53 Å². The SMILES string of the molecule is CCCc1c(C(=O)OCC)nnn1Cc1cscn1. The lowest BCUT2D eigenvalue weighted by atomic mass is 10.2. The summed E-state index contributed by atoms with van der Waals surface area (Å²) in [5, 5.41) is 9.95. The molecule has 0 aliphatic heterocycles. The molecule has 0 aromatic carbocycles. The van der Waals surface area contributed by atoms with Crippen LogP contribution in [0.3, 0.4) is 0 Å². The number of thiazole rings is 1. The molecule has 0 radical (unpaired) electrons. The van der Waals surface area contributed by atoms with E-state index < -0.39 is 5.97 Å². The van der Waals surface area contributed by atoms with Gasteiger partial charge in [-0.05, 0) is 13.3 Å². The number of esters is 1. The van der Waals surface area contributed by atoms with Crippen LogP contribution >= 0.6 is 11.3 Å². The molecule has 0 amide bonds. The fourth-order valence-electron chi connectivity index (χ4n) is 1.77. The van der Waals surface area contributed by atoms with Crippen LogP contribution < -0.4 is 0 Å². The average molecular weight is 280 g/mol. The molecule has 0 saturated heterocycles. The second-order valence-corrected chi connectivity index (χ2v) is 4.71. The van der Waals surface area contributed by atoms with Crippen molar-refractivity contribution in [3.63, 3.8) is 0 Å². The number of nitrogens with zero attached hydrogens (tertiary/aromatic N) is 4. The molecule has 19 heavy (non-hydrogen) atoms. The van der Waals surface area contributed by atoms with Crippen molar-refractivity contribution in [3.8, 4) is 0 Å². The van der Waals surface area contributed by atoms with E-state index in [1.807, 2.05) is 5.38 Å². The molecule has 0 saturated carbocycles. The number of ether oxygens (including phenoxy) is 1. The second kappa shape index (κ2) is 6.42. The third-order valence-corrected chi connectivity index (χ3v) is 3.22. The molecule has 0 atom stereocenters. The highest BCUT2D eigenvalue weighted by molar-refractivity contribution is 7.07. The van der Waals surface area contributed by atoms with Crippen molar-refractivity contribution in [1.82, 2.24) is 20.0 Å². The highest BCUT2D eigenvalue weighted by atomic mass is 32.1. The zero-order valence-corrected chi connectivity index (χ0v) is 11.8. The van der Waals surface area contributed by atoms with E-state index in [0.29, 0.717) is 18.8 Å². The molecule has 2 aromatic rings. The third kappa shape index (κ3) is 3.17. The van der Waals surface area contributed by atoms with Gasteiger partial charge in [0.2, 0.25) is 0 Å². The Morgan fingerprint density at radius 1 is 1.47 bits per heavy atom. The number of aromatic nitrogens is 4. The van der Waals surface area contributed by atoms with Crippen LogP contribution in [0.25, 0.3) is 0 Å². The highest BCUT2D eigenvalue weighted by Gasteiger charge is 2.20. The summed E-state index contributed by atoms with van der Waals surface area (Å²) >= 11 is 1.54. The minimum atomic E-state index is -0.407. The minimum Gasteiger partial charge on any atom is -0.461 e. The lowest BCUT2D eigenvalue weighted by Gasteiger charge is -2.05. The van der Waals surface area contributed by atoms with Gasteiger partial charge in [0.25, 0.3) is 0 Å². The van der Waals surface area contributed by atoms with Gasteiger partial charge in [-0.15, -0.1) is 16.4 Å². The molecule has 0 spiro atoms. The van der Waals surface area contributed by atoms with Gasteiger partial charge < -0.3 is 4.74 Å². The Kier molecular flexibility index (Phi) is 4.62. The summed E-state index contributed by atoms with van der Waals surface area (Å²) < 4.78 is 6.72. The lowest BCUT2D eigenvalue weighted by Crippen LogP contribution is -2.11. The number of carbonyl (C=O) groups is 1. The minimum absolute atomic E-state index is 0.318. The fourth-order valence-corrected chi connectivity index (χ4v) is 2.32. The summed E-state index contributed by atoms with van der Waals surface area (Å²) in [6, 6.07) is 0. The average Bonchev–Trinajstić information content (AvgIpc) is 3.02. The maximum atomic E-state index is 11.8. The van der Waals surface area contributed by atoms with Gasteiger partial charge in [-0.2, -0.15) is 0 Å². The van der Waals surface area contributed by atoms with Crippen LogP contribution in [-0.4, -0.2) is 32.6 Å². The lowest BCUT2D eigenvalue weighted by molar-refractivity contribution is 0.0518. The Bertz CT molecular complexity index is 536. The van der Waals surface area contributed by atoms with Gasteiger partial charge in [-0.25, -0.2) is 14.5 Å². The first-order chi connectivity index (χ1) is 9.26. The van der Waals surface area contributed by atoms with Crippen molar-refractivity contribution in [3.05, 3.63) is 28.0 Å². The van der Waals surface area contributed by atoms with Gasteiger partial charge in [0.15, 0.2) is 5.69 Å². The molecule has 2 heterocycles. The van der Waals surface area contributed by atoms with E-state index in [9.17, 15) is 4.79 Å². The van der Waals surface area contributed by atoms with E-state index in [4.69, 9.17) is 4.74 Å². The molecule has 6 nitrogen and oxygen atoms in total. The molecular weight excluding hydrogens is 264 g/mol. The number of hydrogen-bond acceptors (Lipinski definition) is 6. The van der Waals surface area contributed by atoms with Crippen molar-refractivity contribution in [2.75, 3.05) is 6.61 Å². The number of hydrogen-bond donors (Lipinski definition) is 0. The van der Waals surface area contributed by atoms with Crippen LogP contribution in [0.5, 0.6) is 0 Å². The molecule has 0 aliphatic carbocycles. The number of carbonyl (C=O) groups excluding carboxylic acids is 1. The van der Waals surface area contributed by atoms with Crippen LogP contribution in [0.2, 0.25) is 0 Å². The van der Waals surface area contributed by atoms with Crippen molar-refractivity contribution in [1.29, 1.82) is 0 Å². The Morgan fingerprint density at radius 3 is 2.95 bits per heavy atom. The molecule has 2 rings (SSSR count). The van der Waals surface area contributed by atoms with Gasteiger partial charge in [0.1, 0.15) is 0 Å². The highest BCUT2D eigenvalue weighted by Crippen LogP contribution is 2.12. The first kappa shape index (κ1) is 13.7. The van der Waals surface area contributed by atoms with Crippen LogP contribution in [-0.2, 0) is 17.7 Å². The topological polar surface area (TPSA) is 69.9 Å². The zero-order chi connectivity index (χ0) is 13.7. The molecule has 0 N–H and O–H groups in total. The van der Waals surface area contributed by atoms with Gasteiger partial charge in [0.05, 0.1) is 30.1 Å². The summed E-state index contributed by atoms with van der Waals surface area (Å²) in [6.45, 7) is 4.70. The molecule has 0 bridgehead atoms. The second-order valence-electron chi connectivity index (χ2n) is 3.99. The van der Waals surface area contributed by atoms with Gasteiger partial charge in [0, 0.05) is 5.38 Å². The predicted octanol–water partition coefficient (Wildman–Crippen LogP) is 1.91. The Morgan fingerprint density at radius 2 is 2.32 bits per heavy atom. The normalized spacial score (nSPS) is 10.6. The van der Waals surface area contributed by atoms with E-state index in [-0.39, 0.29) is 0 Å². The van der Waals surface area contributed by atoms with Crippen molar-refractivity contribution >= 4 is 17.3 Å². The predicted molar refractivity (Wildman–Crippen MR) is 71.2 cm³/mol. The van der Waals surface area contributed by atoms with E-state index >= 15 is 0 Å².